The summed E-state index contributed by atoms with van der Waals surface area (Å²) in [5.74, 6) is -0.148. The van der Waals surface area contributed by atoms with Crippen LogP contribution in [0.1, 0.15) is 34.5 Å². The lowest BCUT2D eigenvalue weighted by atomic mass is 9.96. The molecule has 0 spiro atoms. The molecule has 1 aliphatic rings. The summed E-state index contributed by atoms with van der Waals surface area (Å²) in [4.78, 5) is 17.9. The number of piperazine rings is 1. The van der Waals surface area contributed by atoms with Gasteiger partial charge >= 0.3 is 0 Å². The number of hydrogen-bond acceptors (Lipinski definition) is 4. The van der Waals surface area contributed by atoms with Crippen molar-refractivity contribution in [2.24, 2.45) is 0 Å². The molecule has 0 saturated carbocycles. The molecule has 6 nitrogen and oxygen atoms in total. The van der Waals surface area contributed by atoms with E-state index in [-0.39, 0.29) is 23.4 Å². The smallest absolute Gasteiger partial charge is 0.264 e. The van der Waals surface area contributed by atoms with Crippen molar-refractivity contribution >= 4 is 21.6 Å². The van der Waals surface area contributed by atoms with Gasteiger partial charge in [0.1, 0.15) is 0 Å². The maximum atomic E-state index is 13.5. The highest BCUT2D eigenvalue weighted by Crippen LogP contribution is 2.30. The number of anilines is 1. The van der Waals surface area contributed by atoms with Crippen LogP contribution in [0.4, 0.5) is 5.69 Å². The predicted molar refractivity (Wildman–Crippen MR) is 155 cm³/mol. The van der Waals surface area contributed by atoms with E-state index in [1.165, 1.54) is 21.5 Å². The lowest BCUT2D eigenvalue weighted by molar-refractivity contribution is 0.0597. The van der Waals surface area contributed by atoms with Crippen LogP contribution in [0.25, 0.3) is 0 Å². The molecule has 0 radical (unpaired) electrons. The van der Waals surface area contributed by atoms with Crippen molar-refractivity contribution < 1.29 is 13.2 Å². The summed E-state index contributed by atoms with van der Waals surface area (Å²) in [7, 11) is -3.82. The van der Waals surface area contributed by atoms with Crippen LogP contribution in [0.15, 0.2) is 120 Å². The van der Waals surface area contributed by atoms with E-state index < -0.39 is 10.0 Å². The van der Waals surface area contributed by atoms with Gasteiger partial charge in [-0.05, 0) is 48.4 Å². The number of amides is 1. The Balaban J connectivity index is 1.33. The average molecular weight is 540 g/mol. The van der Waals surface area contributed by atoms with Crippen molar-refractivity contribution in [1.29, 1.82) is 0 Å². The number of nitrogens with zero attached hydrogens (tertiary/aromatic N) is 3. The molecule has 1 aliphatic heterocycles. The molecule has 4 aromatic rings. The Morgan fingerprint density at radius 2 is 1.28 bits per heavy atom. The van der Waals surface area contributed by atoms with Crippen LogP contribution in [-0.2, 0) is 10.0 Å². The standard InChI is InChI=1S/C32H33N3O3S/c1-2-35(29-18-10-5-11-19-29)39(37,38)30-20-12-17-28(25-30)32(36)34-23-21-33(22-24-34)31(26-13-6-3-7-14-26)27-15-8-4-9-16-27/h3-20,25,31H,2,21-24H2,1H3. The first-order chi connectivity index (χ1) is 19.0. The summed E-state index contributed by atoms with van der Waals surface area (Å²) in [6.45, 7) is 4.66. The van der Waals surface area contributed by atoms with Gasteiger partial charge in [0, 0.05) is 38.3 Å². The fraction of sp³-hybridized carbons (Fsp3) is 0.219. The van der Waals surface area contributed by atoms with Gasteiger partial charge < -0.3 is 4.90 Å². The fourth-order valence-electron chi connectivity index (χ4n) is 5.25. The van der Waals surface area contributed by atoms with Gasteiger partial charge in [-0.25, -0.2) is 8.42 Å². The molecular weight excluding hydrogens is 506 g/mol. The normalized spacial score (nSPS) is 14.4. The summed E-state index contributed by atoms with van der Waals surface area (Å²) < 4.78 is 28.4. The number of para-hydroxylation sites is 1. The lowest BCUT2D eigenvalue weighted by Crippen LogP contribution is -2.49. The number of carbonyl (C=O) groups is 1. The van der Waals surface area contributed by atoms with Crippen LogP contribution in [0.3, 0.4) is 0 Å². The first-order valence-corrected chi connectivity index (χ1v) is 14.7. The van der Waals surface area contributed by atoms with Crippen molar-refractivity contribution in [3.8, 4) is 0 Å². The van der Waals surface area contributed by atoms with Gasteiger partial charge in [0.15, 0.2) is 0 Å². The first-order valence-electron chi connectivity index (χ1n) is 13.3. The molecule has 1 saturated heterocycles. The van der Waals surface area contributed by atoms with E-state index in [9.17, 15) is 13.2 Å². The summed E-state index contributed by atoms with van der Waals surface area (Å²) in [6.07, 6.45) is 0. The maximum absolute atomic E-state index is 13.5. The molecule has 0 aromatic heterocycles. The molecule has 0 atom stereocenters. The quantitative estimate of drug-likeness (QED) is 0.299. The van der Waals surface area contributed by atoms with Gasteiger partial charge in [-0.3, -0.25) is 14.0 Å². The van der Waals surface area contributed by atoms with E-state index in [1.54, 1.807) is 37.3 Å². The second-order valence-electron chi connectivity index (χ2n) is 9.59. The monoisotopic (exact) mass is 539 g/mol. The van der Waals surface area contributed by atoms with Crippen molar-refractivity contribution in [2.45, 2.75) is 17.9 Å². The fourth-order valence-corrected chi connectivity index (χ4v) is 6.77. The average Bonchev–Trinajstić information content (AvgIpc) is 2.99. The predicted octanol–water partition coefficient (Wildman–Crippen LogP) is 5.45. The molecule has 39 heavy (non-hydrogen) atoms. The number of benzene rings is 4. The molecule has 5 rings (SSSR count). The van der Waals surface area contributed by atoms with Gasteiger partial charge in [-0.1, -0.05) is 84.9 Å². The molecule has 1 fully saturated rings. The lowest BCUT2D eigenvalue weighted by Gasteiger charge is -2.39. The van der Waals surface area contributed by atoms with E-state index in [0.717, 1.165) is 13.1 Å². The first kappa shape index (κ1) is 26.7. The Labute approximate surface area is 231 Å². The zero-order chi connectivity index (χ0) is 27.2. The van der Waals surface area contributed by atoms with Crippen LogP contribution in [-0.4, -0.2) is 56.8 Å². The summed E-state index contributed by atoms with van der Waals surface area (Å²) >= 11 is 0. The molecule has 1 heterocycles. The second kappa shape index (κ2) is 11.8. The van der Waals surface area contributed by atoms with Crippen LogP contribution >= 0.6 is 0 Å². The number of rotatable bonds is 8. The molecular formula is C32H33N3O3S. The number of carbonyl (C=O) groups excluding carboxylic acids is 1. The maximum Gasteiger partial charge on any atom is 0.264 e. The molecule has 200 valence electrons. The van der Waals surface area contributed by atoms with Gasteiger partial charge in [0.2, 0.25) is 0 Å². The van der Waals surface area contributed by atoms with E-state index in [0.29, 0.717) is 24.3 Å². The van der Waals surface area contributed by atoms with Crippen molar-refractivity contribution in [2.75, 3.05) is 37.0 Å². The Kier molecular flexibility index (Phi) is 8.10. The zero-order valence-electron chi connectivity index (χ0n) is 22.1. The van der Waals surface area contributed by atoms with E-state index in [1.807, 2.05) is 35.2 Å². The molecule has 4 aromatic carbocycles. The van der Waals surface area contributed by atoms with Crippen LogP contribution in [0, 0.1) is 0 Å². The van der Waals surface area contributed by atoms with Crippen LogP contribution in [0.2, 0.25) is 0 Å². The van der Waals surface area contributed by atoms with Gasteiger partial charge in [0.25, 0.3) is 15.9 Å². The summed E-state index contributed by atoms with van der Waals surface area (Å²) in [5, 5.41) is 0. The molecule has 0 N–H and O–H groups in total. The van der Waals surface area contributed by atoms with E-state index in [4.69, 9.17) is 0 Å². The van der Waals surface area contributed by atoms with Crippen molar-refractivity contribution in [1.82, 2.24) is 9.80 Å². The third-order valence-electron chi connectivity index (χ3n) is 7.20. The third-order valence-corrected chi connectivity index (χ3v) is 9.10. The molecule has 7 heteroatoms. The van der Waals surface area contributed by atoms with E-state index in [2.05, 4.69) is 53.4 Å². The summed E-state index contributed by atoms with van der Waals surface area (Å²) in [6, 6.07) is 36.4. The highest BCUT2D eigenvalue weighted by molar-refractivity contribution is 7.92. The minimum absolute atomic E-state index is 0.108. The van der Waals surface area contributed by atoms with Gasteiger partial charge in [-0.2, -0.15) is 0 Å². The summed E-state index contributed by atoms with van der Waals surface area (Å²) in [5.41, 5.74) is 3.43. The SMILES string of the molecule is CCN(c1ccccc1)S(=O)(=O)c1cccc(C(=O)N2CCN(C(c3ccccc3)c3ccccc3)CC2)c1. The van der Waals surface area contributed by atoms with Gasteiger partial charge in [-0.15, -0.1) is 0 Å². The van der Waals surface area contributed by atoms with Gasteiger partial charge in [0.05, 0.1) is 16.6 Å². The van der Waals surface area contributed by atoms with Crippen LogP contribution in [0.5, 0.6) is 0 Å². The third kappa shape index (κ3) is 5.75. The Morgan fingerprint density at radius 1 is 0.744 bits per heavy atom. The topological polar surface area (TPSA) is 60.9 Å². The second-order valence-corrected chi connectivity index (χ2v) is 11.4. The zero-order valence-corrected chi connectivity index (χ0v) is 22.9. The molecule has 0 aliphatic carbocycles. The Morgan fingerprint density at radius 3 is 1.82 bits per heavy atom. The molecule has 0 unspecified atom stereocenters. The highest BCUT2D eigenvalue weighted by Gasteiger charge is 2.30. The minimum atomic E-state index is -3.82. The Bertz CT molecular complexity index is 1450. The molecule has 1 amide bonds. The van der Waals surface area contributed by atoms with Crippen molar-refractivity contribution in [3.05, 3.63) is 132 Å². The molecule has 0 bridgehead atoms. The Hall–Kier alpha value is -3.94. The van der Waals surface area contributed by atoms with Crippen molar-refractivity contribution in [3.63, 3.8) is 0 Å². The highest BCUT2D eigenvalue weighted by atomic mass is 32.2. The number of sulfonamides is 1. The largest absolute Gasteiger partial charge is 0.336 e. The minimum Gasteiger partial charge on any atom is -0.336 e. The van der Waals surface area contributed by atoms with E-state index >= 15 is 0 Å². The van der Waals surface area contributed by atoms with Crippen LogP contribution < -0.4 is 4.31 Å². The number of hydrogen-bond donors (Lipinski definition) is 0.